The average Bonchev–Trinajstić information content (AvgIpc) is 2.31. The number of piperazine rings is 1. The second-order valence-electron chi connectivity index (χ2n) is 3.94. The summed E-state index contributed by atoms with van der Waals surface area (Å²) in [6.45, 7) is 1.73. The Balaban J connectivity index is 2.06. The van der Waals surface area contributed by atoms with Crippen LogP contribution in [0.25, 0.3) is 0 Å². The average molecular weight is 218 g/mol. The molecule has 1 aromatic carbocycles. The van der Waals surface area contributed by atoms with E-state index >= 15 is 0 Å². The standard InChI is InChI=1S/C12H14N2O2/c1-13-7-8-14(12(16)11(13)15)9-10-5-3-2-4-6-10/h2-6H,7-9H2,1H3. The number of hydrogen-bond acceptors (Lipinski definition) is 2. The summed E-state index contributed by atoms with van der Waals surface area (Å²) in [5, 5.41) is 0. The van der Waals surface area contributed by atoms with Crippen molar-refractivity contribution in [2.45, 2.75) is 6.54 Å². The fourth-order valence-corrected chi connectivity index (χ4v) is 1.73. The van der Waals surface area contributed by atoms with Crippen LogP contribution >= 0.6 is 0 Å². The van der Waals surface area contributed by atoms with Crippen molar-refractivity contribution in [1.82, 2.24) is 9.80 Å². The lowest BCUT2D eigenvalue weighted by molar-refractivity contribution is -0.155. The first-order valence-corrected chi connectivity index (χ1v) is 5.27. The van der Waals surface area contributed by atoms with Gasteiger partial charge in [0, 0.05) is 26.7 Å². The van der Waals surface area contributed by atoms with Crippen LogP contribution in [-0.4, -0.2) is 41.8 Å². The first kappa shape index (κ1) is 10.7. The van der Waals surface area contributed by atoms with Crippen LogP contribution in [-0.2, 0) is 16.1 Å². The van der Waals surface area contributed by atoms with Gasteiger partial charge in [0.1, 0.15) is 0 Å². The van der Waals surface area contributed by atoms with Gasteiger partial charge in [-0.2, -0.15) is 0 Å². The monoisotopic (exact) mass is 218 g/mol. The van der Waals surface area contributed by atoms with E-state index in [0.29, 0.717) is 19.6 Å². The van der Waals surface area contributed by atoms with Gasteiger partial charge in [0.25, 0.3) is 0 Å². The molecule has 0 radical (unpaired) electrons. The van der Waals surface area contributed by atoms with Crippen molar-refractivity contribution in [2.75, 3.05) is 20.1 Å². The zero-order valence-corrected chi connectivity index (χ0v) is 9.22. The number of carbonyl (C=O) groups excluding carboxylic acids is 2. The minimum Gasteiger partial charge on any atom is -0.336 e. The first-order chi connectivity index (χ1) is 7.68. The van der Waals surface area contributed by atoms with Crippen molar-refractivity contribution >= 4 is 11.8 Å². The summed E-state index contributed by atoms with van der Waals surface area (Å²) in [6, 6.07) is 9.70. The summed E-state index contributed by atoms with van der Waals surface area (Å²) in [4.78, 5) is 26.2. The minimum atomic E-state index is -0.415. The Labute approximate surface area is 94.5 Å². The molecule has 84 valence electrons. The minimum absolute atomic E-state index is 0.405. The molecule has 4 nitrogen and oxygen atoms in total. The van der Waals surface area contributed by atoms with E-state index in [4.69, 9.17) is 0 Å². The highest BCUT2D eigenvalue weighted by molar-refractivity contribution is 6.35. The van der Waals surface area contributed by atoms with Crippen LogP contribution in [0.3, 0.4) is 0 Å². The summed E-state index contributed by atoms with van der Waals surface area (Å²) in [6.07, 6.45) is 0. The lowest BCUT2D eigenvalue weighted by atomic mass is 10.2. The van der Waals surface area contributed by atoms with E-state index in [-0.39, 0.29) is 0 Å². The number of likely N-dealkylation sites (N-methyl/N-ethyl adjacent to an activating group) is 1. The van der Waals surface area contributed by atoms with Gasteiger partial charge in [0.15, 0.2) is 0 Å². The number of nitrogens with zero attached hydrogens (tertiary/aromatic N) is 2. The largest absolute Gasteiger partial charge is 0.336 e. The highest BCUT2D eigenvalue weighted by Gasteiger charge is 2.29. The molecule has 0 atom stereocenters. The third-order valence-electron chi connectivity index (χ3n) is 2.74. The lowest BCUT2D eigenvalue weighted by Crippen LogP contribution is -2.52. The SMILES string of the molecule is CN1CCN(Cc2ccccc2)C(=O)C1=O. The van der Waals surface area contributed by atoms with Crippen LogP contribution in [0.5, 0.6) is 0 Å². The molecular weight excluding hydrogens is 204 g/mol. The molecule has 1 fully saturated rings. The Kier molecular flexibility index (Phi) is 2.90. The highest BCUT2D eigenvalue weighted by Crippen LogP contribution is 2.09. The first-order valence-electron chi connectivity index (χ1n) is 5.27. The maximum atomic E-state index is 11.7. The molecule has 0 saturated carbocycles. The zero-order chi connectivity index (χ0) is 11.5. The van der Waals surface area contributed by atoms with E-state index in [1.807, 2.05) is 30.3 Å². The van der Waals surface area contributed by atoms with Gasteiger partial charge in [0.05, 0.1) is 0 Å². The van der Waals surface area contributed by atoms with Gasteiger partial charge in [-0.05, 0) is 5.56 Å². The summed E-state index contributed by atoms with van der Waals surface area (Å²) in [5.74, 6) is -0.820. The van der Waals surface area contributed by atoms with Crippen molar-refractivity contribution in [3.8, 4) is 0 Å². The summed E-state index contributed by atoms with van der Waals surface area (Å²) in [7, 11) is 1.65. The number of hydrogen-bond donors (Lipinski definition) is 0. The Morgan fingerprint density at radius 2 is 1.75 bits per heavy atom. The smallest absolute Gasteiger partial charge is 0.312 e. The van der Waals surface area contributed by atoms with Gasteiger partial charge in [-0.25, -0.2) is 0 Å². The van der Waals surface area contributed by atoms with Gasteiger partial charge in [-0.3, -0.25) is 9.59 Å². The van der Waals surface area contributed by atoms with Crippen LogP contribution in [0.15, 0.2) is 30.3 Å². The van der Waals surface area contributed by atoms with Gasteiger partial charge < -0.3 is 9.80 Å². The molecule has 2 amide bonds. The van der Waals surface area contributed by atoms with Crippen LogP contribution in [0.4, 0.5) is 0 Å². The van der Waals surface area contributed by atoms with Crippen LogP contribution in [0.2, 0.25) is 0 Å². The quantitative estimate of drug-likeness (QED) is 0.678. The van der Waals surface area contributed by atoms with E-state index in [0.717, 1.165) is 5.56 Å². The van der Waals surface area contributed by atoms with Crippen molar-refractivity contribution in [1.29, 1.82) is 0 Å². The summed E-state index contributed by atoms with van der Waals surface area (Å²) in [5.41, 5.74) is 1.05. The Morgan fingerprint density at radius 3 is 2.44 bits per heavy atom. The van der Waals surface area contributed by atoms with Crippen LogP contribution in [0.1, 0.15) is 5.56 Å². The van der Waals surface area contributed by atoms with Crippen molar-refractivity contribution in [2.24, 2.45) is 0 Å². The fraction of sp³-hybridized carbons (Fsp3) is 0.333. The van der Waals surface area contributed by atoms with E-state index in [2.05, 4.69) is 0 Å². The number of benzene rings is 1. The molecule has 0 aromatic heterocycles. The maximum Gasteiger partial charge on any atom is 0.312 e. The Bertz CT molecular complexity index is 403. The Hall–Kier alpha value is -1.84. The molecule has 1 aliphatic heterocycles. The topological polar surface area (TPSA) is 40.6 Å². The predicted octanol–water partition coefficient (Wildman–Crippen LogP) is 0.487. The van der Waals surface area contributed by atoms with E-state index < -0.39 is 11.8 Å². The third kappa shape index (κ3) is 2.05. The Morgan fingerprint density at radius 1 is 1.06 bits per heavy atom. The lowest BCUT2D eigenvalue weighted by Gasteiger charge is -2.31. The number of amides is 2. The highest BCUT2D eigenvalue weighted by atomic mass is 16.2. The molecule has 1 saturated heterocycles. The molecule has 1 aliphatic rings. The van der Waals surface area contributed by atoms with Crippen molar-refractivity contribution in [3.05, 3.63) is 35.9 Å². The van der Waals surface area contributed by atoms with Gasteiger partial charge in [-0.1, -0.05) is 30.3 Å². The normalized spacial score (nSPS) is 16.8. The van der Waals surface area contributed by atoms with E-state index in [9.17, 15) is 9.59 Å². The second kappa shape index (κ2) is 4.35. The zero-order valence-electron chi connectivity index (χ0n) is 9.22. The molecule has 1 aromatic rings. The fourth-order valence-electron chi connectivity index (χ4n) is 1.73. The molecule has 0 aliphatic carbocycles. The molecule has 0 bridgehead atoms. The molecule has 0 N–H and O–H groups in total. The van der Waals surface area contributed by atoms with Crippen molar-refractivity contribution in [3.63, 3.8) is 0 Å². The van der Waals surface area contributed by atoms with E-state index in [1.54, 1.807) is 11.9 Å². The maximum absolute atomic E-state index is 11.7. The third-order valence-corrected chi connectivity index (χ3v) is 2.74. The van der Waals surface area contributed by atoms with Gasteiger partial charge >= 0.3 is 11.8 Å². The van der Waals surface area contributed by atoms with Gasteiger partial charge in [-0.15, -0.1) is 0 Å². The summed E-state index contributed by atoms with van der Waals surface area (Å²) < 4.78 is 0. The molecule has 0 unspecified atom stereocenters. The molecule has 1 heterocycles. The molecule has 16 heavy (non-hydrogen) atoms. The molecule has 0 spiro atoms. The molecule has 2 rings (SSSR count). The molecule has 4 heteroatoms. The number of rotatable bonds is 2. The second-order valence-corrected chi connectivity index (χ2v) is 3.94. The summed E-state index contributed by atoms with van der Waals surface area (Å²) >= 11 is 0. The van der Waals surface area contributed by atoms with Crippen LogP contribution < -0.4 is 0 Å². The number of carbonyl (C=O) groups is 2. The van der Waals surface area contributed by atoms with Crippen molar-refractivity contribution < 1.29 is 9.59 Å². The molecular formula is C12H14N2O2. The van der Waals surface area contributed by atoms with E-state index in [1.165, 1.54) is 4.90 Å². The predicted molar refractivity (Wildman–Crippen MR) is 59.5 cm³/mol. The van der Waals surface area contributed by atoms with Crippen LogP contribution in [0, 0.1) is 0 Å². The van der Waals surface area contributed by atoms with Gasteiger partial charge in [0.2, 0.25) is 0 Å².